The predicted octanol–water partition coefficient (Wildman–Crippen LogP) is 3.40. The van der Waals surface area contributed by atoms with Gasteiger partial charge in [0.25, 0.3) is 0 Å². The van der Waals surface area contributed by atoms with E-state index in [1.54, 1.807) is 22.9 Å². The molecule has 0 aliphatic heterocycles. The number of aromatic nitrogens is 3. The fourth-order valence-electron chi connectivity index (χ4n) is 1.67. The Morgan fingerprint density at radius 2 is 2.11 bits per heavy atom. The van der Waals surface area contributed by atoms with Gasteiger partial charge in [-0.1, -0.05) is 41.8 Å². The normalized spacial score (nSPS) is 10.3. The highest BCUT2D eigenvalue weighted by Crippen LogP contribution is 2.25. The molecule has 0 N–H and O–H groups in total. The Hall–Kier alpha value is -1.57. The third-order valence-electron chi connectivity index (χ3n) is 2.50. The fourth-order valence-corrected chi connectivity index (χ4v) is 1.97. The highest BCUT2D eigenvalue weighted by atomic mass is 35.5. The van der Waals surface area contributed by atoms with Gasteiger partial charge in [-0.05, 0) is 24.6 Å². The second-order valence-electron chi connectivity index (χ2n) is 3.76. The molecule has 18 heavy (non-hydrogen) atoms. The SMILES string of the molecule is CCCc1c(C#N)nnn1-c1ccc(Cl)c(Cl)c1. The van der Waals surface area contributed by atoms with Gasteiger partial charge in [0.05, 0.1) is 21.4 Å². The summed E-state index contributed by atoms with van der Waals surface area (Å²) < 4.78 is 1.63. The lowest BCUT2D eigenvalue weighted by molar-refractivity contribution is 0.745. The van der Waals surface area contributed by atoms with Crippen LogP contribution in [-0.4, -0.2) is 15.0 Å². The maximum absolute atomic E-state index is 8.99. The molecule has 1 heterocycles. The van der Waals surface area contributed by atoms with Crippen LogP contribution in [-0.2, 0) is 6.42 Å². The molecule has 1 aromatic heterocycles. The molecule has 4 nitrogen and oxygen atoms in total. The zero-order valence-electron chi connectivity index (χ0n) is 9.69. The predicted molar refractivity (Wildman–Crippen MR) is 70.1 cm³/mol. The molecule has 2 aromatic rings. The molecule has 0 bridgehead atoms. The minimum absolute atomic E-state index is 0.350. The summed E-state index contributed by atoms with van der Waals surface area (Å²) in [6.45, 7) is 2.04. The van der Waals surface area contributed by atoms with Crippen molar-refractivity contribution in [1.82, 2.24) is 15.0 Å². The zero-order valence-corrected chi connectivity index (χ0v) is 11.2. The quantitative estimate of drug-likeness (QED) is 0.866. The third-order valence-corrected chi connectivity index (χ3v) is 3.24. The summed E-state index contributed by atoms with van der Waals surface area (Å²) in [7, 11) is 0. The van der Waals surface area contributed by atoms with E-state index in [1.165, 1.54) is 0 Å². The second-order valence-corrected chi connectivity index (χ2v) is 4.57. The number of nitriles is 1. The molecule has 0 aliphatic rings. The van der Waals surface area contributed by atoms with Crippen LogP contribution in [0.4, 0.5) is 0 Å². The number of benzene rings is 1. The Kier molecular flexibility index (Phi) is 3.85. The lowest BCUT2D eigenvalue weighted by Gasteiger charge is -2.06. The molecule has 0 fully saturated rings. The summed E-state index contributed by atoms with van der Waals surface area (Å²) in [5.41, 5.74) is 1.89. The molecule has 0 unspecified atom stereocenters. The molecular weight excluding hydrogens is 271 g/mol. The summed E-state index contributed by atoms with van der Waals surface area (Å²) in [5, 5.41) is 17.8. The van der Waals surface area contributed by atoms with Gasteiger partial charge in [-0.25, -0.2) is 4.68 Å². The van der Waals surface area contributed by atoms with Crippen molar-refractivity contribution in [3.8, 4) is 11.8 Å². The number of rotatable bonds is 3. The van der Waals surface area contributed by atoms with E-state index in [1.807, 2.05) is 13.0 Å². The van der Waals surface area contributed by atoms with Crippen LogP contribution < -0.4 is 0 Å². The van der Waals surface area contributed by atoms with Crippen LogP contribution in [0, 0.1) is 11.3 Å². The van der Waals surface area contributed by atoms with Crippen molar-refractivity contribution < 1.29 is 0 Å². The first-order chi connectivity index (χ1) is 8.67. The molecule has 2 rings (SSSR count). The van der Waals surface area contributed by atoms with Crippen LogP contribution >= 0.6 is 23.2 Å². The van der Waals surface area contributed by atoms with Crippen LogP contribution in [0.1, 0.15) is 24.7 Å². The van der Waals surface area contributed by atoms with Crippen LogP contribution in [0.3, 0.4) is 0 Å². The average Bonchev–Trinajstić information content (AvgIpc) is 2.76. The minimum atomic E-state index is 0.350. The largest absolute Gasteiger partial charge is 0.216 e. The Morgan fingerprint density at radius 3 is 2.72 bits per heavy atom. The van der Waals surface area contributed by atoms with E-state index in [9.17, 15) is 0 Å². The van der Waals surface area contributed by atoms with Gasteiger partial charge in [-0.2, -0.15) is 5.26 Å². The van der Waals surface area contributed by atoms with Crippen molar-refractivity contribution in [1.29, 1.82) is 5.26 Å². The molecule has 0 saturated heterocycles. The molecule has 0 spiro atoms. The van der Waals surface area contributed by atoms with Crippen molar-refractivity contribution in [2.45, 2.75) is 19.8 Å². The van der Waals surface area contributed by atoms with E-state index >= 15 is 0 Å². The van der Waals surface area contributed by atoms with E-state index in [-0.39, 0.29) is 0 Å². The highest BCUT2D eigenvalue weighted by molar-refractivity contribution is 6.42. The Labute approximate surface area is 115 Å². The topological polar surface area (TPSA) is 54.5 Å². The molecule has 92 valence electrons. The third kappa shape index (κ3) is 2.33. The fraction of sp³-hybridized carbons (Fsp3) is 0.250. The van der Waals surface area contributed by atoms with Gasteiger partial charge < -0.3 is 0 Å². The summed E-state index contributed by atoms with van der Waals surface area (Å²) in [4.78, 5) is 0. The monoisotopic (exact) mass is 280 g/mol. The Morgan fingerprint density at radius 1 is 1.33 bits per heavy atom. The standard InChI is InChI=1S/C12H10Cl2N4/c1-2-3-12-11(7-15)16-17-18(12)8-4-5-9(13)10(14)6-8/h4-6H,2-3H2,1H3. The van der Waals surface area contributed by atoms with E-state index in [0.29, 0.717) is 15.7 Å². The summed E-state index contributed by atoms with van der Waals surface area (Å²) in [6.07, 6.45) is 1.64. The molecule has 0 radical (unpaired) electrons. The highest BCUT2D eigenvalue weighted by Gasteiger charge is 2.13. The molecule has 1 aromatic carbocycles. The lowest BCUT2D eigenvalue weighted by atomic mass is 10.2. The van der Waals surface area contributed by atoms with Gasteiger partial charge in [0, 0.05) is 0 Å². The summed E-state index contributed by atoms with van der Waals surface area (Å²) in [6, 6.07) is 7.24. The molecule has 0 saturated carbocycles. The first kappa shape index (κ1) is 12.9. The maximum Gasteiger partial charge on any atom is 0.186 e. The summed E-state index contributed by atoms with van der Waals surface area (Å²) in [5.74, 6) is 0. The molecular formula is C12H10Cl2N4. The smallest absolute Gasteiger partial charge is 0.186 e. The number of nitrogens with zero attached hydrogens (tertiary/aromatic N) is 4. The van der Waals surface area contributed by atoms with Crippen LogP contribution in [0.2, 0.25) is 10.0 Å². The number of hydrogen-bond donors (Lipinski definition) is 0. The van der Waals surface area contributed by atoms with Crippen LogP contribution in [0.5, 0.6) is 0 Å². The van der Waals surface area contributed by atoms with Crippen molar-refractivity contribution in [3.05, 3.63) is 39.6 Å². The van der Waals surface area contributed by atoms with Crippen molar-refractivity contribution >= 4 is 23.2 Å². The van der Waals surface area contributed by atoms with Gasteiger partial charge in [0.15, 0.2) is 5.69 Å². The maximum atomic E-state index is 8.99. The van der Waals surface area contributed by atoms with Gasteiger partial charge in [-0.15, -0.1) is 5.10 Å². The Bertz CT molecular complexity index is 613. The van der Waals surface area contributed by atoms with Gasteiger partial charge >= 0.3 is 0 Å². The molecule has 0 amide bonds. The van der Waals surface area contributed by atoms with Gasteiger partial charge in [0.1, 0.15) is 6.07 Å². The lowest BCUT2D eigenvalue weighted by Crippen LogP contribution is -2.03. The first-order valence-electron chi connectivity index (χ1n) is 5.47. The van der Waals surface area contributed by atoms with Gasteiger partial charge in [0.2, 0.25) is 0 Å². The van der Waals surface area contributed by atoms with E-state index < -0.39 is 0 Å². The first-order valence-corrected chi connectivity index (χ1v) is 6.23. The van der Waals surface area contributed by atoms with Crippen LogP contribution in [0.15, 0.2) is 18.2 Å². The zero-order chi connectivity index (χ0) is 13.1. The number of halogens is 2. The van der Waals surface area contributed by atoms with Crippen molar-refractivity contribution in [2.24, 2.45) is 0 Å². The molecule has 6 heteroatoms. The van der Waals surface area contributed by atoms with E-state index in [2.05, 4.69) is 10.3 Å². The molecule has 0 atom stereocenters. The second kappa shape index (κ2) is 5.38. The summed E-state index contributed by atoms with van der Waals surface area (Å²) >= 11 is 11.8. The Balaban J connectivity index is 2.53. The van der Waals surface area contributed by atoms with E-state index in [0.717, 1.165) is 24.2 Å². The minimum Gasteiger partial charge on any atom is -0.216 e. The average molecular weight is 281 g/mol. The van der Waals surface area contributed by atoms with Crippen LogP contribution in [0.25, 0.3) is 5.69 Å². The van der Waals surface area contributed by atoms with E-state index in [4.69, 9.17) is 28.5 Å². The van der Waals surface area contributed by atoms with Gasteiger partial charge in [-0.3, -0.25) is 0 Å². The number of hydrogen-bond acceptors (Lipinski definition) is 3. The van der Waals surface area contributed by atoms with Crippen molar-refractivity contribution in [2.75, 3.05) is 0 Å². The molecule has 0 aliphatic carbocycles. The van der Waals surface area contributed by atoms with Crippen molar-refractivity contribution in [3.63, 3.8) is 0 Å².